The third-order valence-corrected chi connectivity index (χ3v) is 4.50. The molecule has 0 spiro atoms. The molecule has 0 saturated heterocycles. The quantitative estimate of drug-likeness (QED) is 0.563. The molecule has 0 bridgehead atoms. The normalized spacial score (nSPS) is 11.3. The number of hydrogen-bond donors (Lipinski definition) is 1. The molecule has 0 unspecified atom stereocenters. The van der Waals surface area contributed by atoms with Crippen LogP contribution in [0.3, 0.4) is 0 Å². The molecule has 0 radical (unpaired) electrons. The van der Waals surface area contributed by atoms with E-state index < -0.39 is 17.1 Å². The van der Waals surface area contributed by atoms with Crippen LogP contribution in [0.2, 0.25) is 0 Å². The van der Waals surface area contributed by atoms with E-state index in [0.717, 1.165) is 4.90 Å². The summed E-state index contributed by atoms with van der Waals surface area (Å²) in [5.41, 5.74) is 0.444. The van der Waals surface area contributed by atoms with Crippen molar-refractivity contribution in [2.24, 2.45) is 0 Å². The number of anilines is 1. The van der Waals surface area contributed by atoms with E-state index in [9.17, 15) is 9.59 Å². The highest BCUT2D eigenvalue weighted by molar-refractivity contribution is 8.00. The van der Waals surface area contributed by atoms with Crippen LogP contribution in [0.4, 0.5) is 5.69 Å². The van der Waals surface area contributed by atoms with Crippen LogP contribution in [0.25, 0.3) is 0 Å². The fourth-order valence-corrected chi connectivity index (χ4v) is 2.99. The Bertz CT molecular complexity index is 751. The van der Waals surface area contributed by atoms with Crippen molar-refractivity contribution in [1.82, 2.24) is 0 Å². The molecule has 1 N–H and O–H groups in total. The lowest BCUT2D eigenvalue weighted by Crippen LogP contribution is -2.25. The highest BCUT2D eigenvalue weighted by Gasteiger charge is 2.18. The summed E-state index contributed by atoms with van der Waals surface area (Å²) in [6.45, 7) is 1.36. The van der Waals surface area contributed by atoms with Crippen LogP contribution < -0.4 is 14.8 Å². The molecule has 0 aliphatic heterocycles. The number of amides is 1. The predicted molar refractivity (Wildman–Crippen MR) is 101 cm³/mol. The van der Waals surface area contributed by atoms with Gasteiger partial charge in [0, 0.05) is 11.0 Å². The van der Waals surface area contributed by atoms with Crippen LogP contribution in [-0.4, -0.2) is 38.0 Å². The van der Waals surface area contributed by atoms with Gasteiger partial charge in [-0.15, -0.1) is 11.8 Å². The number of hydrogen-bond acceptors (Lipinski definition) is 6. The van der Waals surface area contributed by atoms with E-state index in [-0.39, 0.29) is 6.61 Å². The van der Waals surface area contributed by atoms with Crippen LogP contribution in [0.1, 0.15) is 6.92 Å². The van der Waals surface area contributed by atoms with Crippen molar-refractivity contribution in [3.05, 3.63) is 48.5 Å². The molecule has 0 saturated carbocycles. The zero-order valence-corrected chi connectivity index (χ0v) is 15.7. The number of rotatable bonds is 8. The van der Waals surface area contributed by atoms with Gasteiger partial charge in [0.2, 0.25) is 0 Å². The molecule has 6 nitrogen and oxygen atoms in total. The maximum atomic E-state index is 12.1. The maximum Gasteiger partial charge on any atom is 0.319 e. The second kappa shape index (κ2) is 9.72. The molecule has 138 valence electrons. The van der Waals surface area contributed by atoms with Gasteiger partial charge in [0.25, 0.3) is 5.91 Å². The number of ether oxygens (including phenoxy) is 3. The van der Waals surface area contributed by atoms with Gasteiger partial charge >= 0.3 is 5.97 Å². The van der Waals surface area contributed by atoms with Crippen molar-refractivity contribution < 1.29 is 23.8 Å². The summed E-state index contributed by atoms with van der Waals surface area (Å²) in [6, 6.07) is 14.6. The Morgan fingerprint density at radius 2 is 1.81 bits per heavy atom. The number of methoxy groups -OCH3 is 2. The number of thioether (sulfide) groups is 1. The van der Waals surface area contributed by atoms with Crippen molar-refractivity contribution in [1.29, 1.82) is 0 Å². The van der Waals surface area contributed by atoms with Gasteiger partial charge in [-0.3, -0.25) is 9.59 Å². The van der Waals surface area contributed by atoms with Crippen LogP contribution >= 0.6 is 11.8 Å². The first kappa shape index (κ1) is 19.7. The SMILES string of the molecule is COc1ccc(OC)c(NC(=O)COC(=O)[C@H](C)Sc2ccccc2)c1. The molecule has 1 atom stereocenters. The smallest absolute Gasteiger partial charge is 0.319 e. The first-order chi connectivity index (χ1) is 12.5. The number of carbonyl (C=O) groups is 2. The van der Waals surface area contributed by atoms with E-state index in [1.807, 2.05) is 30.3 Å². The van der Waals surface area contributed by atoms with Gasteiger partial charge in [0.05, 0.1) is 19.9 Å². The van der Waals surface area contributed by atoms with Gasteiger partial charge in [0.1, 0.15) is 16.7 Å². The van der Waals surface area contributed by atoms with Crippen molar-refractivity contribution in [3.63, 3.8) is 0 Å². The average Bonchev–Trinajstić information content (AvgIpc) is 2.66. The summed E-state index contributed by atoms with van der Waals surface area (Å²) in [4.78, 5) is 25.1. The summed E-state index contributed by atoms with van der Waals surface area (Å²) < 4.78 is 15.4. The molecule has 26 heavy (non-hydrogen) atoms. The highest BCUT2D eigenvalue weighted by atomic mass is 32.2. The lowest BCUT2D eigenvalue weighted by Gasteiger charge is -2.13. The molecule has 2 aromatic carbocycles. The number of esters is 1. The number of benzene rings is 2. The van der Waals surface area contributed by atoms with Gasteiger partial charge in [-0.25, -0.2) is 0 Å². The molecule has 0 aliphatic carbocycles. The average molecular weight is 375 g/mol. The first-order valence-corrected chi connectivity index (χ1v) is 8.81. The molecule has 7 heteroatoms. The van der Waals surface area contributed by atoms with E-state index >= 15 is 0 Å². The van der Waals surface area contributed by atoms with Crippen molar-refractivity contribution >= 4 is 29.3 Å². The predicted octanol–water partition coefficient (Wildman–Crippen LogP) is 3.37. The molecule has 0 aromatic heterocycles. The fraction of sp³-hybridized carbons (Fsp3) is 0.263. The van der Waals surface area contributed by atoms with Crippen LogP contribution in [0, 0.1) is 0 Å². The largest absolute Gasteiger partial charge is 0.497 e. The van der Waals surface area contributed by atoms with Crippen molar-refractivity contribution in [2.75, 3.05) is 26.1 Å². The molecule has 2 rings (SSSR count). The second-order valence-corrected chi connectivity index (χ2v) is 6.71. The summed E-state index contributed by atoms with van der Waals surface area (Å²) in [5.74, 6) is 0.151. The highest BCUT2D eigenvalue weighted by Crippen LogP contribution is 2.29. The molecular weight excluding hydrogens is 354 g/mol. The van der Waals surface area contributed by atoms with Gasteiger partial charge in [-0.1, -0.05) is 18.2 Å². The van der Waals surface area contributed by atoms with Crippen LogP contribution in [0.5, 0.6) is 11.5 Å². The zero-order chi connectivity index (χ0) is 18.9. The van der Waals surface area contributed by atoms with Gasteiger partial charge in [-0.05, 0) is 31.2 Å². The van der Waals surface area contributed by atoms with E-state index in [0.29, 0.717) is 17.2 Å². The fourth-order valence-electron chi connectivity index (χ4n) is 2.10. The number of nitrogens with one attached hydrogen (secondary N) is 1. The Morgan fingerprint density at radius 3 is 2.46 bits per heavy atom. The van der Waals surface area contributed by atoms with Crippen molar-refractivity contribution in [3.8, 4) is 11.5 Å². The van der Waals surface area contributed by atoms with Gasteiger partial charge in [0.15, 0.2) is 6.61 Å². The van der Waals surface area contributed by atoms with E-state index in [4.69, 9.17) is 14.2 Å². The van der Waals surface area contributed by atoms with E-state index in [1.165, 1.54) is 26.0 Å². The lowest BCUT2D eigenvalue weighted by molar-refractivity contribution is -0.146. The monoisotopic (exact) mass is 375 g/mol. The summed E-state index contributed by atoms with van der Waals surface area (Å²) in [5, 5.41) is 2.23. The molecule has 2 aromatic rings. The Labute approximate surface area is 156 Å². The minimum absolute atomic E-state index is 0.376. The Balaban J connectivity index is 1.87. The Morgan fingerprint density at radius 1 is 1.08 bits per heavy atom. The first-order valence-electron chi connectivity index (χ1n) is 7.93. The minimum atomic E-state index is -0.457. The zero-order valence-electron chi connectivity index (χ0n) is 14.9. The molecule has 0 aliphatic rings. The van der Waals surface area contributed by atoms with Crippen LogP contribution in [0.15, 0.2) is 53.4 Å². The van der Waals surface area contributed by atoms with Crippen molar-refractivity contribution in [2.45, 2.75) is 17.1 Å². The molecule has 0 fully saturated rings. The van der Waals surface area contributed by atoms with Gasteiger partial charge in [-0.2, -0.15) is 0 Å². The Kier molecular flexibility index (Phi) is 7.35. The van der Waals surface area contributed by atoms with E-state index in [1.54, 1.807) is 25.1 Å². The second-order valence-electron chi connectivity index (χ2n) is 5.30. The Hall–Kier alpha value is -2.67. The molecule has 0 heterocycles. The lowest BCUT2D eigenvalue weighted by atomic mass is 10.2. The third-order valence-electron chi connectivity index (χ3n) is 3.41. The summed E-state index contributed by atoms with van der Waals surface area (Å²) in [7, 11) is 3.03. The maximum absolute atomic E-state index is 12.1. The summed E-state index contributed by atoms with van der Waals surface area (Å²) in [6.07, 6.45) is 0. The topological polar surface area (TPSA) is 73.9 Å². The standard InChI is InChI=1S/C19H21NO5S/c1-13(26-15-7-5-4-6-8-15)19(22)25-12-18(21)20-16-11-14(23-2)9-10-17(16)24-3/h4-11,13H,12H2,1-3H3,(H,20,21)/t13-/m0/s1. The minimum Gasteiger partial charge on any atom is -0.497 e. The summed E-state index contributed by atoms with van der Waals surface area (Å²) >= 11 is 1.38. The van der Waals surface area contributed by atoms with E-state index in [2.05, 4.69) is 5.32 Å². The molecular formula is C19H21NO5S. The van der Waals surface area contributed by atoms with Gasteiger partial charge < -0.3 is 19.5 Å². The number of carbonyl (C=O) groups excluding carboxylic acids is 2. The van der Waals surface area contributed by atoms with Crippen LogP contribution in [-0.2, 0) is 14.3 Å². The molecule has 1 amide bonds. The third kappa shape index (κ3) is 5.70.